The van der Waals surface area contributed by atoms with Crippen molar-refractivity contribution in [1.82, 2.24) is 4.90 Å². The summed E-state index contributed by atoms with van der Waals surface area (Å²) in [7, 11) is 0. The number of rotatable bonds is 7. The van der Waals surface area contributed by atoms with E-state index in [0.717, 1.165) is 19.3 Å². The van der Waals surface area contributed by atoms with Crippen LogP contribution >= 0.6 is 0 Å². The predicted octanol–water partition coefficient (Wildman–Crippen LogP) is 3.16. The molecule has 2 atom stereocenters. The smallest absolute Gasteiger partial charge is 0.316 e. The summed E-state index contributed by atoms with van der Waals surface area (Å²) >= 11 is 0. The van der Waals surface area contributed by atoms with Gasteiger partial charge in [-0.25, -0.2) is 0 Å². The van der Waals surface area contributed by atoms with Gasteiger partial charge in [-0.05, 0) is 25.2 Å². The lowest BCUT2D eigenvalue weighted by molar-refractivity contribution is -0.157. The molecule has 0 aromatic rings. The summed E-state index contributed by atoms with van der Waals surface area (Å²) in [6.07, 6.45) is 2.74. The Bertz CT molecular complexity index is 307. The van der Waals surface area contributed by atoms with E-state index in [4.69, 9.17) is 0 Å². The molecule has 112 valence electrons. The number of carbonyl (C=O) groups is 2. The van der Waals surface area contributed by atoms with E-state index in [1.807, 2.05) is 13.8 Å². The number of hydrogen-bond donors (Lipinski definition) is 1. The molecule has 2 unspecified atom stereocenters. The first-order valence-electron chi connectivity index (χ1n) is 7.20. The zero-order valence-corrected chi connectivity index (χ0v) is 13.2. The normalized spacial score (nSPS) is 14.8. The van der Waals surface area contributed by atoms with E-state index in [2.05, 4.69) is 6.92 Å². The van der Waals surface area contributed by atoms with Gasteiger partial charge in [0.05, 0.1) is 0 Å². The molecule has 0 aliphatic carbocycles. The molecule has 1 N–H and O–H groups in total. The van der Waals surface area contributed by atoms with Crippen LogP contribution in [0.25, 0.3) is 0 Å². The molecule has 0 spiro atoms. The number of nitrogens with zero attached hydrogens (tertiary/aromatic N) is 1. The van der Waals surface area contributed by atoms with E-state index in [-0.39, 0.29) is 11.9 Å². The Hall–Kier alpha value is -1.06. The van der Waals surface area contributed by atoms with E-state index in [0.29, 0.717) is 6.54 Å². The van der Waals surface area contributed by atoms with Gasteiger partial charge in [-0.15, -0.1) is 0 Å². The summed E-state index contributed by atoms with van der Waals surface area (Å²) in [4.78, 5) is 25.8. The van der Waals surface area contributed by atoms with Crippen LogP contribution < -0.4 is 0 Å². The maximum Gasteiger partial charge on any atom is 0.316 e. The van der Waals surface area contributed by atoms with Crippen LogP contribution in [0.15, 0.2) is 0 Å². The third-order valence-electron chi connectivity index (χ3n) is 3.52. The summed E-state index contributed by atoms with van der Waals surface area (Å²) < 4.78 is 0. The van der Waals surface area contributed by atoms with E-state index in [1.165, 1.54) is 0 Å². The number of hydrogen-bond acceptors (Lipinski definition) is 2. The molecule has 0 saturated carbocycles. The molecule has 0 aliphatic heterocycles. The number of carboxylic acid groups (broad SMARTS) is 1. The minimum absolute atomic E-state index is 0.0863. The molecule has 4 heteroatoms. The highest BCUT2D eigenvalue weighted by atomic mass is 16.4. The molecular weight excluding hydrogens is 242 g/mol. The number of carboxylic acids is 1. The number of unbranched alkanes of at least 4 members (excludes halogenated alkanes) is 1. The molecule has 0 aromatic carbocycles. The Kier molecular flexibility index (Phi) is 7.09. The van der Waals surface area contributed by atoms with E-state index in [1.54, 1.807) is 25.7 Å². The van der Waals surface area contributed by atoms with Crippen LogP contribution in [-0.4, -0.2) is 34.5 Å². The fourth-order valence-corrected chi connectivity index (χ4v) is 2.11. The van der Waals surface area contributed by atoms with E-state index < -0.39 is 17.3 Å². The SMILES string of the molecule is CCCCN(C(=O)C(C(=O)O)C(C)(C)C)C(C)CC. The van der Waals surface area contributed by atoms with Crippen molar-refractivity contribution in [2.45, 2.75) is 66.8 Å². The van der Waals surface area contributed by atoms with Crippen molar-refractivity contribution in [3.8, 4) is 0 Å². The second-order valence-corrected chi connectivity index (χ2v) is 6.28. The van der Waals surface area contributed by atoms with Gasteiger partial charge in [0.15, 0.2) is 0 Å². The fourth-order valence-electron chi connectivity index (χ4n) is 2.11. The average molecular weight is 271 g/mol. The molecule has 0 heterocycles. The topological polar surface area (TPSA) is 57.6 Å². The molecule has 0 aliphatic rings. The van der Waals surface area contributed by atoms with Gasteiger partial charge in [-0.1, -0.05) is 41.0 Å². The molecule has 0 rings (SSSR count). The molecule has 0 bridgehead atoms. The van der Waals surface area contributed by atoms with Crippen LogP contribution in [0, 0.1) is 11.3 Å². The number of carbonyl (C=O) groups excluding carboxylic acids is 1. The van der Waals surface area contributed by atoms with Gasteiger partial charge < -0.3 is 10.0 Å². The quantitative estimate of drug-likeness (QED) is 0.724. The highest BCUT2D eigenvalue weighted by Gasteiger charge is 2.40. The van der Waals surface area contributed by atoms with Crippen LogP contribution in [-0.2, 0) is 9.59 Å². The van der Waals surface area contributed by atoms with Crippen molar-refractivity contribution < 1.29 is 14.7 Å². The molecule has 0 aromatic heterocycles. The second-order valence-electron chi connectivity index (χ2n) is 6.28. The summed E-state index contributed by atoms with van der Waals surface area (Å²) in [5.74, 6) is -2.25. The van der Waals surface area contributed by atoms with Gasteiger partial charge in [0.2, 0.25) is 5.91 Å². The Morgan fingerprint density at radius 3 is 2.05 bits per heavy atom. The lowest BCUT2D eigenvalue weighted by Crippen LogP contribution is -2.48. The molecule has 1 amide bonds. The minimum atomic E-state index is -1.03. The van der Waals surface area contributed by atoms with Gasteiger partial charge in [-0.2, -0.15) is 0 Å². The highest BCUT2D eigenvalue weighted by Crippen LogP contribution is 2.29. The first-order chi connectivity index (χ1) is 8.66. The van der Waals surface area contributed by atoms with Crippen molar-refractivity contribution >= 4 is 11.9 Å². The summed E-state index contributed by atoms with van der Waals surface area (Å²) in [5, 5.41) is 9.36. The standard InChI is InChI=1S/C15H29NO3/c1-7-9-10-16(11(3)8-2)13(17)12(14(18)19)15(4,5)6/h11-12H,7-10H2,1-6H3,(H,18,19). The Balaban J connectivity index is 5.18. The van der Waals surface area contributed by atoms with E-state index >= 15 is 0 Å². The van der Waals surface area contributed by atoms with Gasteiger partial charge >= 0.3 is 5.97 Å². The van der Waals surface area contributed by atoms with Crippen LogP contribution in [0.5, 0.6) is 0 Å². The summed E-state index contributed by atoms with van der Waals surface area (Å²) in [5.41, 5.74) is -0.569. The largest absolute Gasteiger partial charge is 0.481 e. The fraction of sp³-hybridized carbons (Fsp3) is 0.867. The first-order valence-corrected chi connectivity index (χ1v) is 7.20. The maximum absolute atomic E-state index is 12.6. The lowest BCUT2D eigenvalue weighted by atomic mass is 9.79. The van der Waals surface area contributed by atoms with Crippen LogP contribution in [0.2, 0.25) is 0 Å². The average Bonchev–Trinajstić information content (AvgIpc) is 2.26. The van der Waals surface area contributed by atoms with Gasteiger partial charge in [-0.3, -0.25) is 9.59 Å². The lowest BCUT2D eigenvalue weighted by Gasteiger charge is -2.35. The van der Waals surface area contributed by atoms with Crippen molar-refractivity contribution in [2.75, 3.05) is 6.54 Å². The number of aliphatic carboxylic acids is 1. The van der Waals surface area contributed by atoms with Crippen LogP contribution in [0.4, 0.5) is 0 Å². The van der Waals surface area contributed by atoms with Crippen molar-refractivity contribution in [3.05, 3.63) is 0 Å². The number of amides is 1. The van der Waals surface area contributed by atoms with E-state index in [9.17, 15) is 14.7 Å². The van der Waals surface area contributed by atoms with Gasteiger partial charge in [0.25, 0.3) is 0 Å². The Labute approximate surface area is 117 Å². The third-order valence-corrected chi connectivity index (χ3v) is 3.52. The molecule has 4 nitrogen and oxygen atoms in total. The predicted molar refractivity (Wildman–Crippen MR) is 77.0 cm³/mol. The molecule has 0 radical (unpaired) electrons. The summed E-state index contributed by atoms with van der Waals surface area (Å²) in [6.45, 7) is 12.1. The minimum Gasteiger partial charge on any atom is -0.481 e. The van der Waals surface area contributed by atoms with Gasteiger partial charge in [0, 0.05) is 12.6 Å². The van der Waals surface area contributed by atoms with Crippen LogP contribution in [0.1, 0.15) is 60.8 Å². The molecule has 19 heavy (non-hydrogen) atoms. The summed E-state index contributed by atoms with van der Waals surface area (Å²) in [6, 6.07) is 0.0863. The zero-order chi connectivity index (χ0) is 15.2. The molecule has 0 fully saturated rings. The van der Waals surface area contributed by atoms with Crippen molar-refractivity contribution in [1.29, 1.82) is 0 Å². The highest BCUT2D eigenvalue weighted by molar-refractivity contribution is 5.97. The van der Waals surface area contributed by atoms with Crippen molar-refractivity contribution in [2.24, 2.45) is 11.3 Å². The molecular formula is C15H29NO3. The molecule has 0 saturated heterocycles. The zero-order valence-electron chi connectivity index (χ0n) is 13.2. The third kappa shape index (κ3) is 5.21. The second kappa shape index (κ2) is 7.51. The Morgan fingerprint density at radius 2 is 1.74 bits per heavy atom. The van der Waals surface area contributed by atoms with Gasteiger partial charge in [0.1, 0.15) is 5.92 Å². The first kappa shape index (κ1) is 17.9. The Morgan fingerprint density at radius 1 is 1.21 bits per heavy atom. The van der Waals surface area contributed by atoms with Crippen molar-refractivity contribution in [3.63, 3.8) is 0 Å². The monoisotopic (exact) mass is 271 g/mol. The maximum atomic E-state index is 12.6. The van der Waals surface area contributed by atoms with Crippen LogP contribution in [0.3, 0.4) is 0 Å².